The lowest BCUT2D eigenvalue weighted by atomic mass is 9.99. The Morgan fingerprint density at radius 2 is 2.24 bits per heavy atom. The third-order valence-corrected chi connectivity index (χ3v) is 4.86. The number of fused-ring (bicyclic) bond motifs is 1. The summed E-state index contributed by atoms with van der Waals surface area (Å²) in [7, 11) is 1.84. The van der Waals surface area contributed by atoms with Crippen LogP contribution in [0, 0.1) is 0 Å². The summed E-state index contributed by atoms with van der Waals surface area (Å²) in [4.78, 5) is 18.3. The molecule has 6 heteroatoms. The molecule has 0 radical (unpaired) electrons. The molecule has 1 fully saturated rings. The maximum atomic E-state index is 12.4. The molecule has 1 unspecified atom stereocenters. The molecule has 1 aliphatic rings. The normalized spacial score (nSPS) is 18.5. The van der Waals surface area contributed by atoms with Crippen LogP contribution in [0.1, 0.15) is 31.0 Å². The molecule has 1 atom stereocenters. The van der Waals surface area contributed by atoms with E-state index in [0.29, 0.717) is 6.54 Å². The number of anilines is 1. The van der Waals surface area contributed by atoms with E-state index in [4.69, 9.17) is 0 Å². The second-order valence-corrected chi connectivity index (χ2v) is 6.74. The van der Waals surface area contributed by atoms with Crippen molar-refractivity contribution in [2.75, 3.05) is 18.4 Å². The van der Waals surface area contributed by atoms with Crippen molar-refractivity contribution < 1.29 is 4.79 Å². The number of piperidine rings is 1. The van der Waals surface area contributed by atoms with Gasteiger partial charge in [0.25, 0.3) is 0 Å². The summed E-state index contributed by atoms with van der Waals surface area (Å²) in [6, 6.07) is 10.8. The molecule has 1 aliphatic heterocycles. The van der Waals surface area contributed by atoms with Crippen molar-refractivity contribution in [3.63, 3.8) is 0 Å². The van der Waals surface area contributed by atoms with Crippen LogP contribution in [-0.2, 0) is 11.8 Å². The molecule has 1 aromatic carbocycles. The number of hydrogen-bond donors (Lipinski definition) is 2. The van der Waals surface area contributed by atoms with E-state index in [2.05, 4.69) is 44.6 Å². The lowest BCUT2D eigenvalue weighted by Crippen LogP contribution is -2.39. The minimum atomic E-state index is 0.0102. The number of carbonyl (C=O) groups excluding carboxylic acids is 1. The van der Waals surface area contributed by atoms with Gasteiger partial charge in [-0.3, -0.25) is 14.4 Å². The van der Waals surface area contributed by atoms with Gasteiger partial charge in [-0.1, -0.05) is 24.6 Å². The number of rotatable bonds is 4. The van der Waals surface area contributed by atoms with E-state index in [1.807, 2.05) is 19.3 Å². The van der Waals surface area contributed by atoms with E-state index in [0.717, 1.165) is 30.6 Å². The van der Waals surface area contributed by atoms with Crippen molar-refractivity contribution in [1.82, 2.24) is 19.7 Å². The second-order valence-electron chi connectivity index (χ2n) is 6.74. The van der Waals surface area contributed by atoms with Crippen LogP contribution in [0.4, 0.5) is 5.69 Å². The molecule has 2 N–H and O–H groups in total. The molecule has 3 heterocycles. The summed E-state index contributed by atoms with van der Waals surface area (Å²) >= 11 is 0. The average molecular weight is 337 g/mol. The highest BCUT2D eigenvalue weighted by Gasteiger charge is 2.27. The van der Waals surface area contributed by atoms with E-state index < -0.39 is 0 Å². The van der Waals surface area contributed by atoms with Crippen LogP contribution in [0.2, 0.25) is 0 Å². The van der Waals surface area contributed by atoms with Gasteiger partial charge < -0.3 is 10.3 Å². The third-order valence-electron chi connectivity index (χ3n) is 4.86. The Morgan fingerprint density at radius 1 is 1.36 bits per heavy atom. The van der Waals surface area contributed by atoms with Crippen molar-refractivity contribution in [3.05, 3.63) is 48.4 Å². The number of likely N-dealkylation sites (tertiary alicyclic amines) is 1. The zero-order chi connectivity index (χ0) is 17.2. The number of nitrogens with zero attached hydrogens (tertiary/aromatic N) is 3. The molecular weight excluding hydrogens is 314 g/mol. The Kier molecular flexibility index (Phi) is 4.28. The van der Waals surface area contributed by atoms with E-state index in [1.54, 1.807) is 10.9 Å². The minimum absolute atomic E-state index is 0.0102. The number of amides is 1. The van der Waals surface area contributed by atoms with E-state index in [-0.39, 0.29) is 11.9 Å². The Labute approximate surface area is 146 Å². The predicted molar refractivity (Wildman–Crippen MR) is 98.3 cm³/mol. The molecule has 6 nitrogen and oxygen atoms in total. The van der Waals surface area contributed by atoms with Gasteiger partial charge in [-0.2, -0.15) is 5.10 Å². The number of aromatic nitrogens is 3. The lowest BCUT2D eigenvalue weighted by Gasteiger charge is -2.34. The third kappa shape index (κ3) is 3.44. The largest absolute Gasteiger partial charge is 0.357 e. The first-order valence-electron chi connectivity index (χ1n) is 8.79. The van der Waals surface area contributed by atoms with Crippen LogP contribution in [0.3, 0.4) is 0 Å². The SMILES string of the molecule is Cn1cc(NC(=O)CN2CCCCC2c2cc3ccccc3[nH]2)cn1. The number of para-hydroxylation sites is 1. The van der Waals surface area contributed by atoms with Gasteiger partial charge in [0, 0.05) is 24.5 Å². The first kappa shape index (κ1) is 15.9. The number of benzene rings is 1. The Balaban J connectivity index is 1.49. The lowest BCUT2D eigenvalue weighted by molar-refractivity contribution is -0.118. The van der Waals surface area contributed by atoms with Gasteiger partial charge in [0.05, 0.1) is 24.5 Å². The topological polar surface area (TPSA) is 66.0 Å². The zero-order valence-electron chi connectivity index (χ0n) is 14.4. The van der Waals surface area contributed by atoms with Crippen LogP contribution >= 0.6 is 0 Å². The van der Waals surface area contributed by atoms with Crippen LogP contribution in [-0.4, -0.2) is 38.7 Å². The van der Waals surface area contributed by atoms with E-state index in [1.165, 1.54) is 17.5 Å². The number of H-pyrrole nitrogens is 1. The molecule has 1 saturated heterocycles. The van der Waals surface area contributed by atoms with Crippen LogP contribution < -0.4 is 5.32 Å². The van der Waals surface area contributed by atoms with Gasteiger partial charge in [-0.25, -0.2) is 0 Å². The molecule has 4 rings (SSSR count). The predicted octanol–water partition coefficient (Wildman–Crippen LogP) is 3.07. The number of aryl methyl sites for hydroxylation is 1. The minimum Gasteiger partial charge on any atom is -0.357 e. The van der Waals surface area contributed by atoms with Gasteiger partial charge in [0.2, 0.25) is 5.91 Å². The summed E-state index contributed by atoms with van der Waals surface area (Å²) in [5, 5.41) is 8.25. The van der Waals surface area contributed by atoms with E-state index in [9.17, 15) is 4.79 Å². The molecule has 3 aromatic rings. The van der Waals surface area contributed by atoms with Crippen LogP contribution in [0.15, 0.2) is 42.7 Å². The molecule has 0 spiro atoms. The molecule has 25 heavy (non-hydrogen) atoms. The van der Waals surface area contributed by atoms with Crippen molar-refractivity contribution >= 4 is 22.5 Å². The first-order chi connectivity index (χ1) is 12.2. The van der Waals surface area contributed by atoms with Crippen molar-refractivity contribution in [1.29, 1.82) is 0 Å². The Morgan fingerprint density at radius 3 is 3.04 bits per heavy atom. The van der Waals surface area contributed by atoms with Crippen LogP contribution in [0.5, 0.6) is 0 Å². The maximum absolute atomic E-state index is 12.4. The molecule has 2 aromatic heterocycles. The van der Waals surface area contributed by atoms with Crippen molar-refractivity contribution in [3.8, 4) is 0 Å². The van der Waals surface area contributed by atoms with Gasteiger partial charge in [0.15, 0.2) is 0 Å². The highest BCUT2D eigenvalue weighted by atomic mass is 16.2. The fourth-order valence-corrected chi connectivity index (χ4v) is 3.68. The number of hydrogen-bond acceptors (Lipinski definition) is 3. The molecule has 0 saturated carbocycles. The number of aromatic amines is 1. The van der Waals surface area contributed by atoms with Crippen LogP contribution in [0.25, 0.3) is 10.9 Å². The second kappa shape index (κ2) is 6.72. The summed E-state index contributed by atoms with van der Waals surface area (Å²) in [6.45, 7) is 1.34. The quantitative estimate of drug-likeness (QED) is 0.769. The van der Waals surface area contributed by atoms with Crippen molar-refractivity contribution in [2.45, 2.75) is 25.3 Å². The smallest absolute Gasteiger partial charge is 0.238 e. The monoisotopic (exact) mass is 337 g/mol. The fraction of sp³-hybridized carbons (Fsp3) is 0.368. The standard InChI is InChI=1S/C19H23N5O/c1-23-12-15(11-20-23)21-19(25)13-24-9-5-4-8-18(24)17-10-14-6-2-3-7-16(14)22-17/h2-3,6-7,10-12,18,22H,4-5,8-9,13H2,1H3,(H,21,25). The van der Waals surface area contributed by atoms with Crippen molar-refractivity contribution in [2.24, 2.45) is 7.05 Å². The highest BCUT2D eigenvalue weighted by Crippen LogP contribution is 2.32. The maximum Gasteiger partial charge on any atom is 0.238 e. The molecule has 130 valence electrons. The first-order valence-corrected chi connectivity index (χ1v) is 8.79. The zero-order valence-corrected chi connectivity index (χ0v) is 14.4. The molecule has 1 amide bonds. The highest BCUT2D eigenvalue weighted by molar-refractivity contribution is 5.92. The number of nitrogens with one attached hydrogen (secondary N) is 2. The van der Waals surface area contributed by atoms with Gasteiger partial charge in [0.1, 0.15) is 0 Å². The fourth-order valence-electron chi connectivity index (χ4n) is 3.68. The van der Waals surface area contributed by atoms with Gasteiger partial charge >= 0.3 is 0 Å². The Hall–Kier alpha value is -2.60. The molecule has 0 bridgehead atoms. The summed E-state index contributed by atoms with van der Waals surface area (Å²) in [5.41, 5.74) is 3.10. The number of carbonyl (C=O) groups is 1. The van der Waals surface area contributed by atoms with Gasteiger partial charge in [-0.05, 0) is 36.9 Å². The summed E-state index contributed by atoms with van der Waals surface area (Å²) < 4.78 is 1.68. The molecule has 0 aliphatic carbocycles. The summed E-state index contributed by atoms with van der Waals surface area (Å²) in [6.07, 6.45) is 6.89. The van der Waals surface area contributed by atoms with E-state index >= 15 is 0 Å². The Bertz CT molecular complexity index is 848. The molecular formula is C19H23N5O. The average Bonchev–Trinajstić information content (AvgIpc) is 3.21. The summed E-state index contributed by atoms with van der Waals surface area (Å²) in [5.74, 6) is 0.0102. The van der Waals surface area contributed by atoms with Gasteiger partial charge in [-0.15, -0.1) is 0 Å².